The average Bonchev–Trinajstić information content (AvgIpc) is 2.21. The van der Waals surface area contributed by atoms with E-state index >= 15 is 0 Å². The van der Waals surface area contributed by atoms with Gasteiger partial charge in [-0.1, -0.05) is 35.8 Å². The quantitative estimate of drug-likeness (QED) is 0.785. The summed E-state index contributed by atoms with van der Waals surface area (Å²) in [5, 5.41) is 0. The number of benzene rings is 1. The fourth-order valence-electron chi connectivity index (χ4n) is 1.34. The first-order chi connectivity index (χ1) is 7.99. The molecule has 0 atom stereocenters. The summed E-state index contributed by atoms with van der Waals surface area (Å²) < 4.78 is 13.5. The summed E-state index contributed by atoms with van der Waals surface area (Å²) >= 11 is 4.93. The fraction of sp³-hybridized carbons (Fsp3) is 0.462. The van der Waals surface area contributed by atoms with E-state index in [-0.39, 0.29) is 11.6 Å². The normalized spacial score (nSPS) is 10.9. The van der Waals surface area contributed by atoms with E-state index in [0.717, 1.165) is 11.3 Å². The predicted octanol–water partition coefficient (Wildman–Crippen LogP) is 4.09. The van der Waals surface area contributed by atoms with Gasteiger partial charge in [-0.3, -0.25) is 4.79 Å². The maximum absolute atomic E-state index is 12.9. The second-order valence-corrected chi connectivity index (χ2v) is 6.24. The summed E-state index contributed by atoms with van der Waals surface area (Å²) in [6.07, 6.45) is 0.367. The Morgan fingerprint density at radius 2 is 2.18 bits per heavy atom. The molecule has 0 aliphatic heterocycles. The molecule has 1 aromatic rings. The summed E-state index contributed by atoms with van der Waals surface area (Å²) in [4.78, 5) is 11.7. The molecule has 0 radical (unpaired) electrons. The number of hydrogen-bond acceptors (Lipinski definition) is 2. The van der Waals surface area contributed by atoms with Crippen molar-refractivity contribution in [1.82, 2.24) is 0 Å². The highest BCUT2D eigenvalue weighted by Crippen LogP contribution is 2.19. The zero-order valence-corrected chi connectivity index (χ0v) is 12.4. The van der Waals surface area contributed by atoms with Gasteiger partial charge in [-0.05, 0) is 29.4 Å². The number of Topliss-reactive ketones (excluding diaryl/α,β-unsaturated/α-hetero) is 1. The van der Waals surface area contributed by atoms with E-state index in [1.165, 1.54) is 12.1 Å². The smallest absolute Gasteiger partial charge is 0.147 e. The molecule has 1 nitrogen and oxygen atoms in total. The zero-order valence-electron chi connectivity index (χ0n) is 10.0. The molecule has 0 aromatic heterocycles. The number of ketones is 1. The predicted molar refractivity (Wildman–Crippen MR) is 75.0 cm³/mol. The molecule has 0 bridgehead atoms. The van der Waals surface area contributed by atoms with Gasteiger partial charge in [0.2, 0.25) is 0 Å². The van der Waals surface area contributed by atoms with Crippen LogP contribution in [0.3, 0.4) is 0 Å². The molecule has 1 rings (SSSR count). The second kappa shape index (κ2) is 7.17. The highest BCUT2D eigenvalue weighted by Gasteiger charge is 2.08. The minimum Gasteiger partial charge on any atom is -0.298 e. The summed E-state index contributed by atoms with van der Waals surface area (Å²) in [5.41, 5.74) is 0.849. The summed E-state index contributed by atoms with van der Waals surface area (Å²) in [7, 11) is 0. The van der Waals surface area contributed by atoms with Crippen molar-refractivity contribution in [2.24, 2.45) is 5.92 Å². The summed E-state index contributed by atoms with van der Waals surface area (Å²) in [6.45, 7) is 4.27. The van der Waals surface area contributed by atoms with Gasteiger partial charge in [0.25, 0.3) is 0 Å². The lowest BCUT2D eigenvalue weighted by molar-refractivity contribution is -0.116. The van der Waals surface area contributed by atoms with Crippen LogP contribution in [0.1, 0.15) is 19.4 Å². The molecule has 1 aromatic carbocycles. The molecular weight excluding hydrogens is 303 g/mol. The number of hydrogen-bond donors (Lipinski definition) is 0. The van der Waals surface area contributed by atoms with Crippen molar-refractivity contribution < 1.29 is 9.18 Å². The van der Waals surface area contributed by atoms with Crippen molar-refractivity contribution in [3.05, 3.63) is 34.1 Å². The van der Waals surface area contributed by atoms with Crippen LogP contribution in [0.2, 0.25) is 0 Å². The summed E-state index contributed by atoms with van der Waals surface area (Å²) in [5.74, 6) is 2.02. The van der Waals surface area contributed by atoms with Crippen molar-refractivity contribution >= 4 is 33.5 Å². The van der Waals surface area contributed by atoms with Gasteiger partial charge < -0.3 is 0 Å². The van der Waals surface area contributed by atoms with Crippen LogP contribution in [0, 0.1) is 11.7 Å². The van der Waals surface area contributed by atoms with E-state index < -0.39 is 0 Å². The largest absolute Gasteiger partial charge is 0.298 e. The van der Waals surface area contributed by atoms with E-state index in [4.69, 9.17) is 0 Å². The van der Waals surface area contributed by atoms with E-state index in [1.54, 1.807) is 17.8 Å². The van der Waals surface area contributed by atoms with Crippen LogP contribution in [-0.4, -0.2) is 17.3 Å². The minimum absolute atomic E-state index is 0.183. The molecule has 94 valence electrons. The van der Waals surface area contributed by atoms with Gasteiger partial charge in [-0.15, -0.1) is 0 Å². The zero-order chi connectivity index (χ0) is 12.8. The maximum Gasteiger partial charge on any atom is 0.147 e. The van der Waals surface area contributed by atoms with Crippen LogP contribution >= 0.6 is 27.7 Å². The molecule has 0 spiro atoms. The van der Waals surface area contributed by atoms with E-state index in [2.05, 4.69) is 29.8 Å². The van der Waals surface area contributed by atoms with Gasteiger partial charge in [-0.2, -0.15) is 11.8 Å². The van der Waals surface area contributed by atoms with Crippen LogP contribution < -0.4 is 0 Å². The first-order valence-corrected chi connectivity index (χ1v) is 7.47. The lowest BCUT2D eigenvalue weighted by Crippen LogP contribution is -2.07. The van der Waals surface area contributed by atoms with Crippen molar-refractivity contribution in [2.45, 2.75) is 20.3 Å². The van der Waals surface area contributed by atoms with Crippen molar-refractivity contribution in [3.8, 4) is 0 Å². The second-order valence-electron chi connectivity index (χ2n) is 4.36. The average molecular weight is 319 g/mol. The molecular formula is C13H16BrFOS. The van der Waals surface area contributed by atoms with Crippen LogP contribution in [0.15, 0.2) is 22.7 Å². The van der Waals surface area contributed by atoms with Gasteiger partial charge >= 0.3 is 0 Å². The standard InChI is InChI=1S/C13H16BrFOS/c1-9(2)7-17-8-12(16)5-10-3-4-11(15)6-13(10)14/h3-4,6,9H,5,7-8H2,1-2H3. The van der Waals surface area contributed by atoms with E-state index in [1.807, 2.05) is 0 Å². The van der Waals surface area contributed by atoms with Crippen molar-refractivity contribution in [3.63, 3.8) is 0 Å². The molecule has 0 aliphatic rings. The van der Waals surface area contributed by atoms with E-state index in [9.17, 15) is 9.18 Å². The number of carbonyl (C=O) groups excluding carboxylic acids is 1. The van der Waals surface area contributed by atoms with Gasteiger partial charge in [0.1, 0.15) is 11.6 Å². The van der Waals surface area contributed by atoms with Crippen molar-refractivity contribution in [1.29, 1.82) is 0 Å². The van der Waals surface area contributed by atoms with Crippen LogP contribution in [0.5, 0.6) is 0 Å². The Morgan fingerprint density at radius 1 is 1.47 bits per heavy atom. The Kier molecular flexibility index (Phi) is 6.20. The number of carbonyl (C=O) groups is 1. The number of rotatable bonds is 6. The molecule has 0 aliphatic carbocycles. The minimum atomic E-state index is -0.290. The third-order valence-electron chi connectivity index (χ3n) is 2.12. The van der Waals surface area contributed by atoms with E-state index in [0.29, 0.717) is 22.6 Å². The third-order valence-corrected chi connectivity index (χ3v) is 4.28. The molecule has 4 heteroatoms. The molecule has 0 fully saturated rings. The Balaban J connectivity index is 2.45. The topological polar surface area (TPSA) is 17.1 Å². The molecule has 0 unspecified atom stereocenters. The number of thioether (sulfide) groups is 1. The summed E-state index contributed by atoms with van der Waals surface area (Å²) in [6, 6.07) is 4.43. The van der Waals surface area contributed by atoms with Gasteiger partial charge in [0, 0.05) is 10.9 Å². The Morgan fingerprint density at radius 3 is 2.76 bits per heavy atom. The van der Waals surface area contributed by atoms with Crippen LogP contribution in [0.25, 0.3) is 0 Å². The SMILES string of the molecule is CC(C)CSCC(=O)Cc1ccc(F)cc1Br. The lowest BCUT2D eigenvalue weighted by Gasteiger charge is -2.05. The molecule has 0 amide bonds. The van der Waals surface area contributed by atoms with Gasteiger partial charge in [0.15, 0.2) is 0 Å². The Hall–Kier alpha value is -0.350. The highest BCUT2D eigenvalue weighted by atomic mass is 79.9. The first-order valence-electron chi connectivity index (χ1n) is 5.52. The monoisotopic (exact) mass is 318 g/mol. The highest BCUT2D eigenvalue weighted by molar-refractivity contribution is 9.10. The molecule has 0 saturated heterocycles. The van der Waals surface area contributed by atoms with Crippen molar-refractivity contribution in [2.75, 3.05) is 11.5 Å². The molecule has 17 heavy (non-hydrogen) atoms. The third kappa shape index (κ3) is 5.68. The first kappa shape index (κ1) is 14.7. The van der Waals surface area contributed by atoms with Gasteiger partial charge in [-0.25, -0.2) is 4.39 Å². The van der Waals surface area contributed by atoms with Gasteiger partial charge in [0.05, 0.1) is 5.75 Å². The lowest BCUT2D eigenvalue weighted by atomic mass is 10.1. The number of halogens is 2. The maximum atomic E-state index is 12.9. The fourth-order valence-corrected chi connectivity index (χ4v) is 2.75. The van der Waals surface area contributed by atoms with Crippen LogP contribution in [-0.2, 0) is 11.2 Å². The Bertz CT molecular complexity index is 393. The van der Waals surface area contributed by atoms with Crippen LogP contribution in [0.4, 0.5) is 4.39 Å². The molecule has 0 heterocycles. The molecule has 0 N–H and O–H groups in total. The Labute approximate surface area is 114 Å². The molecule has 0 saturated carbocycles.